The molecule has 5 heteroatoms. The maximum atomic E-state index is 13.0. The van der Waals surface area contributed by atoms with Gasteiger partial charge in [-0.25, -0.2) is 10.2 Å². The van der Waals surface area contributed by atoms with Crippen LogP contribution in [0.15, 0.2) is 18.2 Å². The van der Waals surface area contributed by atoms with Gasteiger partial charge >= 0.3 is 0 Å². The van der Waals surface area contributed by atoms with Crippen molar-refractivity contribution in [3.05, 3.63) is 29.6 Å². The summed E-state index contributed by atoms with van der Waals surface area (Å²) in [5, 5.41) is 0. The van der Waals surface area contributed by atoms with Gasteiger partial charge in [-0.2, -0.15) is 0 Å². The van der Waals surface area contributed by atoms with Crippen molar-refractivity contribution in [2.75, 3.05) is 7.11 Å². The Balaban J connectivity index is 3.10. The van der Waals surface area contributed by atoms with Crippen molar-refractivity contribution in [1.82, 2.24) is 5.43 Å². The molecule has 3 N–H and O–H groups in total. The molecule has 0 aliphatic carbocycles. The van der Waals surface area contributed by atoms with Gasteiger partial charge < -0.3 is 4.74 Å². The summed E-state index contributed by atoms with van der Waals surface area (Å²) in [4.78, 5) is 11.3. The molecule has 15 heavy (non-hydrogen) atoms. The number of benzene rings is 1. The Morgan fingerprint density at radius 2 is 2.27 bits per heavy atom. The summed E-state index contributed by atoms with van der Waals surface area (Å²) in [7, 11) is 1.46. The Bertz CT molecular complexity index is 368. The minimum Gasteiger partial charge on any atom is -0.496 e. The summed E-state index contributed by atoms with van der Waals surface area (Å²) in [6, 6.07) is 4.01. The van der Waals surface area contributed by atoms with Crippen molar-refractivity contribution < 1.29 is 13.9 Å². The lowest BCUT2D eigenvalue weighted by Crippen LogP contribution is -2.33. The average Bonchev–Trinajstić information content (AvgIpc) is 2.27. The number of hydrogen-bond donors (Lipinski definition) is 2. The molecule has 1 aromatic rings. The molecule has 0 aliphatic heterocycles. The van der Waals surface area contributed by atoms with Gasteiger partial charge in [-0.15, -0.1) is 0 Å². The van der Waals surface area contributed by atoms with Crippen LogP contribution in [0.5, 0.6) is 5.75 Å². The number of rotatable bonds is 3. The third kappa shape index (κ3) is 2.44. The van der Waals surface area contributed by atoms with Gasteiger partial charge in [0, 0.05) is 5.56 Å². The molecule has 0 radical (unpaired) electrons. The Hall–Kier alpha value is -1.62. The first-order valence-electron chi connectivity index (χ1n) is 4.44. The molecule has 0 bridgehead atoms. The Morgan fingerprint density at radius 3 is 2.80 bits per heavy atom. The van der Waals surface area contributed by atoms with Crippen LogP contribution in [0.2, 0.25) is 0 Å². The minimum atomic E-state index is -0.555. The third-order valence-electron chi connectivity index (χ3n) is 2.19. The van der Waals surface area contributed by atoms with E-state index in [1.807, 2.05) is 5.43 Å². The van der Waals surface area contributed by atoms with E-state index in [2.05, 4.69) is 0 Å². The molecule has 4 nitrogen and oxygen atoms in total. The van der Waals surface area contributed by atoms with Crippen molar-refractivity contribution in [3.8, 4) is 5.75 Å². The number of nitrogens with two attached hydrogens (primary N) is 1. The molecule has 0 saturated heterocycles. The molecule has 1 rings (SSSR count). The summed E-state index contributed by atoms with van der Waals surface area (Å²) in [5.74, 6) is 4.11. The molecule has 0 spiro atoms. The van der Waals surface area contributed by atoms with Crippen LogP contribution in [-0.2, 0) is 4.79 Å². The number of methoxy groups -OCH3 is 1. The third-order valence-corrected chi connectivity index (χ3v) is 2.19. The molecule has 0 saturated carbocycles. The first kappa shape index (κ1) is 11.5. The zero-order chi connectivity index (χ0) is 11.4. The fourth-order valence-electron chi connectivity index (χ4n) is 1.31. The molecule has 1 atom stereocenters. The van der Waals surface area contributed by atoms with Gasteiger partial charge in [0.2, 0.25) is 5.91 Å². The Labute approximate surface area is 87.2 Å². The number of nitrogens with one attached hydrogen (secondary N) is 1. The van der Waals surface area contributed by atoms with E-state index in [0.717, 1.165) is 0 Å². The summed E-state index contributed by atoms with van der Waals surface area (Å²) >= 11 is 0. The summed E-state index contributed by atoms with van der Waals surface area (Å²) < 4.78 is 18.0. The van der Waals surface area contributed by atoms with E-state index in [0.29, 0.717) is 11.3 Å². The Kier molecular flexibility index (Phi) is 3.62. The number of ether oxygens (including phenoxy) is 1. The summed E-state index contributed by atoms with van der Waals surface area (Å²) in [5.41, 5.74) is 2.49. The van der Waals surface area contributed by atoms with Gasteiger partial charge in [0.05, 0.1) is 13.0 Å². The van der Waals surface area contributed by atoms with Crippen molar-refractivity contribution in [2.45, 2.75) is 12.8 Å². The van der Waals surface area contributed by atoms with Gasteiger partial charge in [-0.3, -0.25) is 10.2 Å². The lowest BCUT2D eigenvalue weighted by atomic mass is 9.99. The molecule has 1 aromatic carbocycles. The molecule has 0 fully saturated rings. The van der Waals surface area contributed by atoms with Gasteiger partial charge in [0.25, 0.3) is 0 Å². The highest BCUT2D eigenvalue weighted by molar-refractivity contribution is 5.83. The molecular formula is C10H13FN2O2. The molecule has 0 aromatic heterocycles. The summed E-state index contributed by atoms with van der Waals surface area (Å²) in [6.45, 7) is 1.62. The van der Waals surface area contributed by atoms with Crippen LogP contribution in [0.25, 0.3) is 0 Å². The topological polar surface area (TPSA) is 64.3 Å². The Morgan fingerprint density at radius 1 is 1.60 bits per heavy atom. The second kappa shape index (κ2) is 4.75. The van der Waals surface area contributed by atoms with Crippen LogP contribution in [0, 0.1) is 5.82 Å². The molecular weight excluding hydrogens is 199 g/mol. The van der Waals surface area contributed by atoms with Crippen LogP contribution in [0.1, 0.15) is 18.4 Å². The first-order chi connectivity index (χ1) is 7.10. The van der Waals surface area contributed by atoms with Gasteiger partial charge in [-0.05, 0) is 25.1 Å². The van der Waals surface area contributed by atoms with Gasteiger partial charge in [0.1, 0.15) is 11.6 Å². The zero-order valence-corrected chi connectivity index (χ0v) is 8.58. The molecule has 82 valence electrons. The number of hydrazine groups is 1. The smallest absolute Gasteiger partial charge is 0.241 e. The van der Waals surface area contributed by atoms with E-state index in [1.54, 1.807) is 6.92 Å². The molecule has 0 heterocycles. The second-order valence-corrected chi connectivity index (χ2v) is 3.12. The predicted octanol–water partition coefficient (Wildman–Crippen LogP) is 0.928. The standard InChI is InChI=1S/C10H13FN2O2/c1-6(10(14)13-12)8-5-7(11)3-4-9(8)15-2/h3-6H,12H2,1-2H3,(H,13,14). The summed E-state index contributed by atoms with van der Waals surface area (Å²) in [6.07, 6.45) is 0. The van der Waals surface area contributed by atoms with E-state index in [-0.39, 0.29) is 5.91 Å². The predicted molar refractivity (Wildman–Crippen MR) is 53.7 cm³/mol. The van der Waals surface area contributed by atoms with Crippen LogP contribution in [0.3, 0.4) is 0 Å². The molecule has 1 unspecified atom stereocenters. The maximum Gasteiger partial charge on any atom is 0.241 e. The quantitative estimate of drug-likeness (QED) is 0.445. The molecule has 1 amide bonds. The minimum absolute atomic E-state index is 0.390. The van der Waals surface area contributed by atoms with E-state index < -0.39 is 11.7 Å². The average molecular weight is 212 g/mol. The second-order valence-electron chi connectivity index (χ2n) is 3.12. The van der Waals surface area contributed by atoms with Crippen molar-refractivity contribution in [3.63, 3.8) is 0 Å². The first-order valence-corrected chi connectivity index (χ1v) is 4.44. The highest BCUT2D eigenvalue weighted by Gasteiger charge is 2.18. The van der Waals surface area contributed by atoms with Gasteiger partial charge in [-0.1, -0.05) is 0 Å². The number of carbonyl (C=O) groups excluding carboxylic acids is 1. The van der Waals surface area contributed by atoms with Crippen molar-refractivity contribution >= 4 is 5.91 Å². The lowest BCUT2D eigenvalue weighted by Gasteiger charge is -2.14. The maximum absolute atomic E-state index is 13.0. The lowest BCUT2D eigenvalue weighted by molar-refractivity contribution is -0.122. The van der Waals surface area contributed by atoms with E-state index in [9.17, 15) is 9.18 Å². The van der Waals surface area contributed by atoms with E-state index in [1.165, 1.54) is 25.3 Å². The number of amides is 1. The SMILES string of the molecule is COc1ccc(F)cc1C(C)C(=O)NN. The zero-order valence-electron chi connectivity index (χ0n) is 8.58. The fraction of sp³-hybridized carbons (Fsp3) is 0.300. The fourth-order valence-corrected chi connectivity index (χ4v) is 1.31. The number of halogens is 1. The highest BCUT2D eigenvalue weighted by Crippen LogP contribution is 2.27. The number of hydrogen-bond acceptors (Lipinski definition) is 3. The van der Waals surface area contributed by atoms with Gasteiger partial charge in [0.15, 0.2) is 0 Å². The van der Waals surface area contributed by atoms with Crippen molar-refractivity contribution in [1.29, 1.82) is 0 Å². The van der Waals surface area contributed by atoms with Crippen molar-refractivity contribution in [2.24, 2.45) is 5.84 Å². The van der Waals surface area contributed by atoms with E-state index in [4.69, 9.17) is 10.6 Å². The van der Waals surface area contributed by atoms with Crippen LogP contribution < -0.4 is 16.0 Å². The normalized spacial score (nSPS) is 12.0. The van der Waals surface area contributed by atoms with E-state index >= 15 is 0 Å². The van der Waals surface area contributed by atoms with Crippen LogP contribution in [0.4, 0.5) is 4.39 Å². The van der Waals surface area contributed by atoms with Crippen LogP contribution >= 0.6 is 0 Å². The number of carbonyl (C=O) groups is 1. The monoisotopic (exact) mass is 212 g/mol. The highest BCUT2D eigenvalue weighted by atomic mass is 19.1. The molecule has 0 aliphatic rings. The van der Waals surface area contributed by atoms with Crippen LogP contribution in [-0.4, -0.2) is 13.0 Å². The largest absolute Gasteiger partial charge is 0.496 e.